The van der Waals surface area contributed by atoms with Crippen LogP contribution < -0.4 is 10.7 Å². The molecule has 0 spiro atoms. The molecule has 0 saturated heterocycles. The number of nitrogens with zero attached hydrogens (tertiary/aromatic N) is 1. The molecule has 5 nitrogen and oxygen atoms in total. The molecule has 130 valence electrons. The van der Waals surface area contributed by atoms with Gasteiger partial charge in [0.1, 0.15) is 5.82 Å². The third-order valence-corrected chi connectivity index (χ3v) is 3.94. The second-order valence-electron chi connectivity index (χ2n) is 5.05. The Kier molecular flexibility index (Phi) is 6.50. The van der Waals surface area contributed by atoms with Crippen molar-refractivity contribution in [2.24, 2.45) is 5.10 Å². The standard InChI is InChI=1S/C17H14Cl2FN3O2/c1-10(12-4-7-14(18)15(19)8-12)22-23-16(24)9-21-17(25)11-2-5-13(20)6-3-11/h2-8H,9H2,1H3,(H,21,25)(H,23,24)/b22-10+. The van der Waals surface area contributed by atoms with Gasteiger partial charge in [-0.15, -0.1) is 0 Å². The van der Waals surface area contributed by atoms with Gasteiger partial charge < -0.3 is 5.32 Å². The number of carbonyl (C=O) groups is 2. The molecule has 2 N–H and O–H groups in total. The summed E-state index contributed by atoms with van der Waals surface area (Å²) in [7, 11) is 0. The van der Waals surface area contributed by atoms with Gasteiger partial charge in [-0.3, -0.25) is 9.59 Å². The summed E-state index contributed by atoms with van der Waals surface area (Å²) in [4.78, 5) is 23.6. The monoisotopic (exact) mass is 381 g/mol. The van der Waals surface area contributed by atoms with Crippen molar-refractivity contribution < 1.29 is 14.0 Å². The molecule has 2 aromatic rings. The number of halogens is 3. The second-order valence-corrected chi connectivity index (χ2v) is 5.87. The summed E-state index contributed by atoms with van der Waals surface area (Å²) in [6.07, 6.45) is 0. The summed E-state index contributed by atoms with van der Waals surface area (Å²) in [6, 6.07) is 9.97. The Hall–Kier alpha value is -2.44. The molecular formula is C17H14Cl2FN3O2. The van der Waals surface area contributed by atoms with Gasteiger partial charge in [0, 0.05) is 5.56 Å². The lowest BCUT2D eigenvalue weighted by Crippen LogP contribution is -2.35. The summed E-state index contributed by atoms with van der Waals surface area (Å²) in [6.45, 7) is 1.42. The maximum Gasteiger partial charge on any atom is 0.259 e. The molecule has 0 heterocycles. The van der Waals surface area contributed by atoms with Crippen molar-refractivity contribution in [1.29, 1.82) is 0 Å². The molecule has 2 rings (SSSR count). The lowest BCUT2D eigenvalue weighted by molar-refractivity contribution is -0.120. The van der Waals surface area contributed by atoms with Gasteiger partial charge in [0.2, 0.25) is 0 Å². The topological polar surface area (TPSA) is 70.6 Å². The van der Waals surface area contributed by atoms with E-state index in [4.69, 9.17) is 23.2 Å². The Labute approximate surface area is 153 Å². The molecular weight excluding hydrogens is 368 g/mol. The van der Waals surface area contributed by atoms with Crippen LogP contribution in [0.4, 0.5) is 4.39 Å². The SMILES string of the molecule is C/C(=N\NC(=O)CNC(=O)c1ccc(F)cc1)c1ccc(Cl)c(Cl)c1. The highest BCUT2D eigenvalue weighted by Crippen LogP contribution is 2.22. The van der Waals surface area contributed by atoms with Crippen LogP contribution >= 0.6 is 23.2 Å². The average Bonchev–Trinajstić information content (AvgIpc) is 2.60. The summed E-state index contributed by atoms with van der Waals surface area (Å²) in [5.74, 6) is -1.43. The zero-order chi connectivity index (χ0) is 18.4. The van der Waals surface area contributed by atoms with Gasteiger partial charge in [-0.2, -0.15) is 5.10 Å². The van der Waals surface area contributed by atoms with E-state index in [9.17, 15) is 14.0 Å². The number of hydrogen-bond donors (Lipinski definition) is 2. The zero-order valence-electron chi connectivity index (χ0n) is 13.1. The summed E-state index contributed by atoms with van der Waals surface area (Å²) < 4.78 is 12.8. The molecule has 0 aliphatic rings. The molecule has 25 heavy (non-hydrogen) atoms. The van der Waals surface area contributed by atoms with E-state index >= 15 is 0 Å². The smallest absolute Gasteiger partial charge is 0.259 e. The maximum atomic E-state index is 12.8. The highest BCUT2D eigenvalue weighted by Gasteiger charge is 2.08. The molecule has 2 aromatic carbocycles. The van der Waals surface area contributed by atoms with E-state index in [1.54, 1.807) is 25.1 Å². The Balaban J connectivity index is 1.88. The van der Waals surface area contributed by atoms with Crippen molar-refractivity contribution in [2.75, 3.05) is 6.54 Å². The van der Waals surface area contributed by atoms with Crippen molar-refractivity contribution in [1.82, 2.24) is 10.7 Å². The predicted molar refractivity (Wildman–Crippen MR) is 95.5 cm³/mol. The lowest BCUT2D eigenvalue weighted by atomic mass is 10.1. The molecule has 0 aromatic heterocycles. The highest BCUT2D eigenvalue weighted by atomic mass is 35.5. The fourth-order valence-electron chi connectivity index (χ4n) is 1.84. The Bertz CT molecular complexity index is 823. The first-order valence-electron chi connectivity index (χ1n) is 7.19. The Morgan fingerprint density at radius 1 is 1.04 bits per heavy atom. The molecule has 0 fully saturated rings. The molecule has 0 atom stereocenters. The predicted octanol–water partition coefficient (Wildman–Crippen LogP) is 3.40. The second kappa shape index (κ2) is 8.60. The van der Waals surface area contributed by atoms with E-state index in [2.05, 4.69) is 15.8 Å². The van der Waals surface area contributed by atoms with E-state index in [1.807, 2.05) is 0 Å². The van der Waals surface area contributed by atoms with E-state index < -0.39 is 17.6 Å². The first kappa shape index (κ1) is 18.9. The highest BCUT2D eigenvalue weighted by molar-refractivity contribution is 6.42. The molecule has 0 aliphatic heterocycles. The van der Waals surface area contributed by atoms with E-state index in [1.165, 1.54) is 24.3 Å². The Morgan fingerprint density at radius 3 is 2.32 bits per heavy atom. The molecule has 0 saturated carbocycles. The summed E-state index contributed by atoms with van der Waals surface area (Å²) in [5.41, 5.74) is 3.81. The largest absolute Gasteiger partial charge is 0.343 e. The van der Waals surface area contributed by atoms with Crippen LogP contribution in [-0.4, -0.2) is 24.1 Å². The van der Waals surface area contributed by atoms with Crippen LogP contribution in [0.3, 0.4) is 0 Å². The minimum atomic E-state index is -0.505. The molecule has 0 radical (unpaired) electrons. The van der Waals surface area contributed by atoms with Crippen molar-refractivity contribution in [3.63, 3.8) is 0 Å². The number of nitrogens with one attached hydrogen (secondary N) is 2. The number of hydrogen-bond acceptors (Lipinski definition) is 3. The van der Waals surface area contributed by atoms with Crippen molar-refractivity contribution >= 4 is 40.7 Å². The maximum absolute atomic E-state index is 12.8. The van der Waals surface area contributed by atoms with Crippen molar-refractivity contribution in [3.8, 4) is 0 Å². The quantitative estimate of drug-likeness (QED) is 0.615. The van der Waals surface area contributed by atoms with Crippen molar-refractivity contribution in [3.05, 3.63) is 69.5 Å². The van der Waals surface area contributed by atoms with E-state index in [0.717, 1.165) is 0 Å². The number of rotatable bonds is 5. The molecule has 0 bridgehead atoms. The van der Waals surface area contributed by atoms with Crippen molar-refractivity contribution in [2.45, 2.75) is 6.92 Å². The molecule has 2 amide bonds. The third kappa shape index (κ3) is 5.55. The fraction of sp³-hybridized carbons (Fsp3) is 0.118. The normalized spacial score (nSPS) is 11.1. The number of hydrazone groups is 1. The molecule has 8 heteroatoms. The first-order chi connectivity index (χ1) is 11.9. The van der Waals surface area contributed by atoms with Crippen LogP contribution in [0.1, 0.15) is 22.8 Å². The minimum absolute atomic E-state index is 0.254. The van der Waals surface area contributed by atoms with Crippen LogP contribution in [0.5, 0.6) is 0 Å². The van der Waals surface area contributed by atoms with Gasteiger partial charge in [-0.25, -0.2) is 9.82 Å². The number of amides is 2. The summed E-state index contributed by atoms with van der Waals surface area (Å²) >= 11 is 11.8. The van der Waals surface area contributed by atoms with Gasteiger partial charge in [-0.1, -0.05) is 29.3 Å². The van der Waals surface area contributed by atoms with Gasteiger partial charge in [-0.05, 0) is 48.9 Å². The van der Waals surface area contributed by atoms with Gasteiger partial charge >= 0.3 is 0 Å². The zero-order valence-corrected chi connectivity index (χ0v) is 14.7. The molecule has 0 unspecified atom stereocenters. The first-order valence-corrected chi connectivity index (χ1v) is 7.94. The van der Waals surface area contributed by atoms with Crippen LogP contribution in [0, 0.1) is 5.82 Å². The number of carbonyl (C=O) groups excluding carboxylic acids is 2. The average molecular weight is 382 g/mol. The lowest BCUT2D eigenvalue weighted by Gasteiger charge is -2.06. The van der Waals surface area contributed by atoms with Crippen LogP contribution in [0.15, 0.2) is 47.6 Å². The number of benzene rings is 2. The van der Waals surface area contributed by atoms with Gasteiger partial charge in [0.05, 0.1) is 22.3 Å². The van der Waals surface area contributed by atoms with Crippen LogP contribution in [0.2, 0.25) is 10.0 Å². The Morgan fingerprint density at radius 2 is 1.68 bits per heavy atom. The summed E-state index contributed by atoms with van der Waals surface area (Å²) in [5, 5.41) is 7.16. The minimum Gasteiger partial charge on any atom is -0.343 e. The van der Waals surface area contributed by atoms with Crippen LogP contribution in [0.25, 0.3) is 0 Å². The van der Waals surface area contributed by atoms with Gasteiger partial charge in [0.25, 0.3) is 11.8 Å². The van der Waals surface area contributed by atoms with Crippen LogP contribution in [-0.2, 0) is 4.79 Å². The van der Waals surface area contributed by atoms with Gasteiger partial charge in [0.15, 0.2) is 0 Å². The van der Waals surface area contributed by atoms with E-state index in [0.29, 0.717) is 21.3 Å². The fourth-order valence-corrected chi connectivity index (χ4v) is 2.13. The third-order valence-electron chi connectivity index (χ3n) is 3.20. The molecule has 0 aliphatic carbocycles. The van der Waals surface area contributed by atoms with E-state index in [-0.39, 0.29) is 12.1 Å².